The number of benzene rings is 2. The van der Waals surface area contributed by atoms with Crippen LogP contribution in [0.5, 0.6) is 11.5 Å². The average molecular weight is 490 g/mol. The van der Waals surface area contributed by atoms with Crippen LogP contribution >= 0.6 is 0 Å². The Kier molecular flexibility index (Phi) is 7.92. The van der Waals surface area contributed by atoms with Gasteiger partial charge in [0.2, 0.25) is 0 Å². The van der Waals surface area contributed by atoms with Crippen LogP contribution in [0.1, 0.15) is 69.9 Å². The molecule has 6 heteroatoms. The number of hydrogen-bond donors (Lipinski definition) is 0. The predicted molar refractivity (Wildman–Crippen MR) is 140 cm³/mol. The van der Waals surface area contributed by atoms with Crippen LogP contribution in [0.25, 0.3) is 0 Å². The molecule has 4 rings (SSSR count). The van der Waals surface area contributed by atoms with Crippen molar-refractivity contribution in [2.45, 2.75) is 64.9 Å². The van der Waals surface area contributed by atoms with E-state index in [9.17, 15) is 9.59 Å². The Bertz CT molecular complexity index is 1160. The molecule has 0 fully saturated rings. The van der Waals surface area contributed by atoms with Crippen LogP contribution in [-0.4, -0.2) is 37.3 Å². The quantitative estimate of drug-likeness (QED) is 0.425. The maximum absolute atomic E-state index is 13.7. The summed E-state index contributed by atoms with van der Waals surface area (Å²) in [5.41, 5.74) is 4.07. The maximum atomic E-state index is 13.7. The Labute approximate surface area is 213 Å². The lowest BCUT2D eigenvalue weighted by molar-refractivity contribution is -0.151. The molecule has 6 nitrogen and oxygen atoms in total. The van der Waals surface area contributed by atoms with Crippen molar-refractivity contribution in [2.75, 3.05) is 13.7 Å². The number of hydrogen-bond acceptors (Lipinski definition) is 6. The molecule has 36 heavy (non-hydrogen) atoms. The molecule has 2 aromatic rings. The van der Waals surface area contributed by atoms with Gasteiger partial charge in [0.05, 0.1) is 19.8 Å². The van der Waals surface area contributed by atoms with Crippen LogP contribution < -0.4 is 9.47 Å². The molecule has 4 atom stereocenters. The fraction of sp³-hybridized carbons (Fsp3) is 0.433. The normalized spacial score (nSPS) is 22.4. The SMILES string of the molecule is CCOc1ccc([C@@H]2C3=C(C[C@@H](c4ccc(OC)cc4)CC3=O)N=C(C)C2C(=O)O[C@@H](C)CC)cc1. The summed E-state index contributed by atoms with van der Waals surface area (Å²) in [5, 5.41) is 0. The molecule has 2 aliphatic rings. The van der Waals surface area contributed by atoms with E-state index in [0.717, 1.165) is 34.7 Å². The molecular weight excluding hydrogens is 454 g/mol. The molecule has 0 amide bonds. The van der Waals surface area contributed by atoms with E-state index in [1.165, 1.54) is 0 Å². The number of carbonyl (C=O) groups is 2. The number of nitrogens with zero attached hydrogens (tertiary/aromatic N) is 1. The van der Waals surface area contributed by atoms with Crippen LogP contribution in [0.15, 0.2) is 64.8 Å². The summed E-state index contributed by atoms with van der Waals surface area (Å²) >= 11 is 0. The summed E-state index contributed by atoms with van der Waals surface area (Å²) in [7, 11) is 1.64. The second-order valence-corrected chi connectivity index (χ2v) is 9.53. The highest BCUT2D eigenvalue weighted by Crippen LogP contribution is 2.47. The number of Topliss-reactive ketones (excluding diaryl/α,β-unsaturated/α-hetero) is 1. The summed E-state index contributed by atoms with van der Waals surface area (Å²) < 4.78 is 16.7. The molecule has 2 aromatic carbocycles. The number of esters is 1. The number of ketones is 1. The third kappa shape index (κ3) is 5.23. The van der Waals surface area contributed by atoms with Gasteiger partial charge in [-0.1, -0.05) is 31.2 Å². The number of allylic oxidation sites excluding steroid dienone is 2. The topological polar surface area (TPSA) is 74.2 Å². The Balaban J connectivity index is 1.74. The highest BCUT2D eigenvalue weighted by Gasteiger charge is 2.45. The highest BCUT2D eigenvalue weighted by atomic mass is 16.5. The van der Waals surface area contributed by atoms with Crippen molar-refractivity contribution in [3.8, 4) is 11.5 Å². The largest absolute Gasteiger partial charge is 0.497 e. The van der Waals surface area contributed by atoms with Gasteiger partial charge < -0.3 is 14.2 Å². The average Bonchev–Trinajstić information content (AvgIpc) is 2.88. The van der Waals surface area contributed by atoms with E-state index < -0.39 is 11.8 Å². The number of carbonyl (C=O) groups excluding carboxylic acids is 2. The van der Waals surface area contributed by atoms with Crippen LogP contribution in [0.4, 0.5) is 0 Å². The van der Waals surface area contributed by atoms with Gasteiger partial charge in [0.1, 0.15) is 17.4 Å². The van der Waals surface area contributed by atoms with Crippen LogP contribution in [0.3, 0.4) is 0 Å². The van der Waals surface area contributed by atoms with E-state index in [-0.39, 0.29) is 23.8 Å². The number of ether oxygens (including phenoxy) is 3. The minimum Gasteiger partial charge on any atom is -0.497 e. The molecule has 0 radical (unpaired) electrons. The summed E-state index contributed by atoms with van der Waals surface area (Å²) in [5.74, 6) is 0.194. The molecule has 0 bridgehead atoms. The zero-order valence-electron chi connectivity index (χ0n) is 21.7. The molecule has 1 heterocycles. The van der Waals surface area contributed by atoms with Crippen LogP contribution in [-0.2, 0) is 14.3 Å². The van der Waals surface area contributed by atoms with Crippen molar-refractivity contribution in [3.05, 3.63) is 70.9 Å². The Morgan fingerprint density at radius 2 is 1.64 bits per heavy atom. The third-order valence-corrected chi connectivity index (χ3v) is 7.17. The summed E-state index contributed by atoms with van der Waals surface area (Å²) in [4.78, 5) is 31.9. The summed E-state index contributed by atoms with van der Waals surface area (Å²) in [6.45, 7) is 8.24. The van der Waals surface area contributed by atoms with Gasteiger partial charge >= 0.3 is 5.97 Å². The Hall–Kier alpha value is -3.41. The lowest BCUT2D eigenvalue weighted by atomic mass is 9.69. The minimum absolute atomic E-state index is 0.0308. The molecule has 1 unspecified atom stereocenters. The van der Waals surface area contributed by atoms with E-state index in [1.54, 1.807) is 7.11 Å². The first-order valence-corrected chi connectivity index (χ1v) is 12.7. The first-order valence-electron chi connectivity index (χ1n) is 12.7. The van der Waals surface area contributed by atoms with Crippen molar-refractivity contribution in [2.24, 2.45) is 10.9 Å². The molecular formula is C30H35NO5. The van der Waals surface area contributed by atoms with Crippen molar-refractivity contribution < 1.29 is 23.8 Å². The standard InChI is InChI=1S/C30H35NO5/c1-6-18(3)36-30(33)27-19(4)31-25-16-22(20-8-12-23(34-5)13-9-20)17-26(32)29(25)28(27)21-10-14-24(15-11-21)35-7-2/h8-15,18,22,27-28H,6-7,16-17H2,1-5H3/t18-,22+,27?,28-/m0/s1. The fourth-order valence-corrected chi connectivity index (χ4v) is 5.13. The van der Waals surface area contributed by atoms with E-state index in [0.29, 0.717) is 30.7 Å². The van der Waals surface area contributed by atoms with Gasteiger partial charge in [-0.15, -0.1) is 0 Å². The van der Waals surface area contributed by atoms with Crippen molar-refractivity contribution >= 4 is 17.5 Å². The van der Waals surface area contributed by atoms with Gasteiger partial charge in [0.15, 0.2) is 5.78 Å². The molecule has 1 aliphatic heterocycles. The predicted octanol–water partition coefficient (Wildman–Crippen LogP) is 6.01. The molecule has 190 valence electrons. The molecule has 0 saturated carbocycles. The first kappa shape index (κ1) is 25.7. The zero-order chi connectivity index (χ0) is 25.8. The Morgan fingerprint density at radius 3 is 2.25 bits per heavy atom. The highest BCUT2D eigenvalue weighted by molar-refractivity contribution is 6.09. The lowest BCUT2D eigenvalue weighted by Crippen LogP contribution is -2.39. The molecule has 0 aromatic heterocycles. The maximum Gasteiger partial charge on any atom is 0.315 e. The smallest absolute Gasteiger partial charge is 0.315 e. The van der Waals surface area contributed by atoms with Crippen LogP contribution in [0, 0.1) is 5.92 Å². The Morgan fingerprint density at radius 1 is 1.00 bits per heavy atom. The fourth-order valence-electron chi connectivity index (χ4n) is 5.13. The van der Waals surface area contributed by atoms with Crippen LogP contribution in [0.2, 0.25) is 0 Å². The molecule has 0 N–H and O–H groups in total. The van der Waals surface area contributed by atoms with Gasteiger partial charge in [-0.3, -0.25) is 14.6 Å². The molecule has 0 saturated heterocycles. The van der Waals surface area contributed by atoms with Gasteiger partial charge in [-0.05, 0) is 74.9 Å². The van der Waals surface area contributed by atoms with Crippen molar-refractivity contribution in [1.82, 2.24) is 0 Å². The third-order valence-electron chi connectivity index (χ3n) is 7.17. The van der Waals surface area contributed by atoms with Gasteiger partial charge in [-0.2, -0.15) is 0 Å². The molecule has 0 spiro atoms. The van der Waals surface area contributed by atoms with Crippen molar-refractivity contribution in [1.29, 1.82) is 0 Å². The van der Waals surface area contributed by atoms with E-state index >= 15 is 0 Å². The lowest BCUT2D eigenvalue weighted by Gasteiger charge is -2.37. The van der Waals surface area contributed by atoms with E-state index in [1.807, 2.05) is 76.2 Å². The number of rotatable bonds is 8. The van der Waals surface area contributed by atoms with Gasteiger partial charge in [0, 0.05) is 29.3 Å². The van der Waals surface area contributed by atoms with Crippen molar-refractivity contribution in [3.63, 3.8) is 0 Å². The second kappa shape index (κ2) is 11.1. The van der Waals surface area contributed by atoms with Gasteiger partial charge in [-0.25, -0.2) is 0 Å². The summed E-state index contributed by atoms with van der Waals surface area (Å²) in [6.07, 6.45) is 1.54. The summed E-state index contributed by atoms with van der Waals surface area (Å²) in [6, 6.07) is 15.5. The minimum atomic E-state index is -0.642. The van der Waals surface area contributed by atoms with E-state index in [2.05, 4.69) is 0 Å². The van der Waals surface area contributed by atoms with Gasteiger partial charge in [0.25, 0.3) is 0 Å². The number of aliphatic imine (C=N–C) groups is 1. The second-order valence-electron chi connectivity index (χ2n) is 9.53. The number of methoxy groups -OCH3 is 1. The zero-order valence-corrected chi connectivity index (χ0v) is 21.7. The first-order chi connectivity index (χ1) is 17.4. The monoisotopic (exact) mass is 489 g/mol. The van der Waals surface area contributed by atoms with E-state index in [4.69, 9.17) is 19.2 Å². The molecule has 1 aliphatic carbocycles.